The van der Waals surface area contributed by atoms with Gasteiger partial charge in [0.15, 0.2) is 0 Å². The van der Waals surface area contributed by atoms with Crippen molar-refractivity contribution in [3.8, 4) is 6.07 Å². The third-order valence-electron chi connectivity index (χ3n) is 2.80. The first kappa shape index (κ1) is 13.4. The van der Waals surface area contributed by atoms with E-state index < -0.39 is 0 Å². The number of rotatable bonds is 5. The van der Waals surface area contributed by atoms with Crippen LogP contribution in [0.5, 0.6) is 0 Å². The number of hydrogen-bond donors (Lipinski definition) is 1. The molecule has 0 aliphatic carbocycles. The van der Waals surface area contributed by atoms with Gasteiger partial charge in [-0.05, 0) is 24.6 Å². The summed E-state index contributed by atoms with van der Waals surface area (Å²) in [6.07, 6.45) is 4.82. The highest BCUT2D eigenvalue weighted by atomic mass is 35.5. The zero-order chi connectivity index (χ0) is 13.7. The summed E-state index contributed by atoms with van der Waals surface area (Å²) in [6.45, 7) is 3.66. The number of aromatic nitrogens is 2. The number of benzene rings is 1. The molecular weight excluding hydrogens is 260 g/mol. The monoisotopic (exact) mass is 274 g/mol. The van der Waals surface area contributed by atoms with Gasteiger partial charge in [-0.1, -0.05) is 18.5 Å². The van der Waals surface area contributed by atoms with Crippen LogP contribution >= 0.6 is 11.6 Å². The molecule has 0 aliphatic heterocycles. The summed E-state index contributed by atoms with van der Waals surface area (Å²) in [5, 5.41) is 12.7. The number of aryl methyl sites for hydroxylation is 1. The van der Waals surface area contributed by atoms with Gasteiger partial charge in [0.05, 0.1) is 28.9 Å². The summed E-state index contributed by atoms with van der Waals surface area (Å²) in [7, 11) is 0. The van der Waals surface area contributed by atoms with Crippen molar-refractivity contribution in [2.24, 2.45) is 0 Å². The summed E-state index contributed by atoms with van der Waals surface area (Å²) < 4.78 is 2.11. The minimum atomic E-state index is 0.585. The van der Waals surface area contributed by atoms with Crippen LogP contribution in [0.4, 0.5) is 5.69 Å². The molecule has 0 unspecified atom stereocenters. The molecule has 0 fully saturated rings. The van der Waals surface area contributed by atoms with Crippen molar-refractivity contribution in [1.82, 2.24) is 9.55 Å². The standard InChI is InChI=1S/C14H15ClN4/c1-2-6-19-7-5-17-14(19)10-18-13-8-11(9-16)3-4-12(13)15/h3-5,7-8,18H,2,6,10H2,1H3. The molecule has 0 amide bonds. The number of nitriles is 1. The van der Waals surface area contributed by atoms with Gasteiger partial charge in [0.1, 0.15) is 5.82 Å². The molecule has 1 N–H and O–H groups in total. The second-order valence-electron chi connectivity index (χ2n) is 4.20. The first-order chi connectivity index (χ1) is 9.24. The SMILES string of the molecule is CCCn1ccnc1CNc1cc(C#N)ccc1Cl. The smallest absolute Gasteiger partial charge is 0.128 e. The Balaban J connectivity index is 2.10. The Hall–Kier alpha value is -1.99. The van der Waals surface area contributed by atoms with Crippen molar-refractivity contribution in [3.05, 3.63) is 47.0 Å². The summed E-state index contributed by atoms with van der Waals surface area (Å²) >= 11 is 6.10. The Morgan fingerprint density at radius 1 is 1.47 bits per heavy atom. The van der Waals surface area contributed by atoms with E-state index in [1.165, 1.54) is 0 Å². The highest BCUT2D eigenvalue weighted by Gasteiger charge is 2.05. The molecular formula is C14H15ClN4. The van der Waals surface area contributed by atoms with Crippen molar-refractivity contribution in [1.29, 1.82) is 5.26 Å². The summed E-state index contributed by atoms with van der Waals surface area (Å²) in [5.74, 6) is 0.959. The molecule has 4 nitrogen and oxygen atoms in total. The van der Waals surface area contributed by atoms with Crippen LogP contribution in [0.15, 0.2) is 30.6 Å². The number of anilines is 1. The third kappa shape index (κ3) is 3.27. The van der Waals surface area contributed by atoms with Crippen LogP contribution in [-0.4, -0.2) is 9.55 Å². The number of hydrogen-bond acceptors (Lipinski definition) is 3. The van der Waals surface area contributed by atoms with Crippen LogP contribution in [0.25, 0.3) is 0 Å². The van der Waals surface area contributed by atoms with Gasteiger partial charge >= 0.3 is 0 Å². The maximum absolute atomic E-state index is 8.88. The van der Waals surface area contributed by atoms with E-state index >= 15 is 0 Å². The quantitative estimate of drug-likeness (QED) is 0.909. The van der Waals surface area contributed by atoms with E-state index in [0.29, 0.717) is 17.1 Å². The van der Waals surface area contributed by atoms with Gasteiger partial charge in [0, 0.05) is 18.9 Å². The van der Waals surface area contributed by atoms with Gasteiger partial charge in [0.25, 0.3) is 0 Å². The Morgan fingerprint density at radius 2 is 2.32 bits per heavy atom. The molecule has 0 radical (unpaired) electrons. The predicted octanol–water partition coefficient (Wildman–Crippen LogP) is 3.43. The van der Waals surface area contributed by atoms with Crippen LogP contribution in [0.1, 0.15) is 24.7 Å². The average molecular weight is 275 g/mol. The minimum Gasteiger partial charge on any atom is -0.377 e. The zero-order valence-electron chi connectivity index (χ0n) is 10.7. The fraction of sp³-hybridized carbons (Fsp3) is 0.286. The number of nitrogens with zero attached hydrogens (tertiary/aromatic N) is 3. The average Bonchev–Trinajstić information content (AvgIpc) is 2.86. The number of halogens is 1. The lowest BCUT2D eigenvalue weighted by Gasteiger charge is -2.10. The van der Waals surface area contributed by atoms with Crippen molar-refractivity contribution in [2.45, 2.75) is 26.4 Å². The third-order valence-corrected chi connectivity index (χ3v) is 3.13. The second kappa shape index (κ2) is 6.26. The van der Waals surface area contributed by atoms with Gasteiger partial charge in [-0.25, -0.2) is 4.98 Å². The molecule has 5 heteroatoms. The summed E-state index contributed by atoms with van der Waals surface area (Å²) in [4.78, 5) is 4.31. The van der Waals surface area contributed by atoms with Gasteiger partial charge in [0.2, 0.25) is 0 Å². The lowest BCUT2D eigenvalue weighted by molar-refractivity contribution is 0.644. The molecule has 98 valence electrons. The topological polar surface area (TPSA) is 53.6 Å². The van der Waals surface area contributed by atoms with Gasteiger partial charge in [-0.3, -0.25) is 0 Å². The molecule has 0 saturated heterocycles. The number of nitrogens with one attached hydrogen (secondary N) is 1. The molecule has 0 atom stereocenters. The van der Waals surface area contributed by atoms with Crippen LogP contribution in [0.3, 0.4) is 0 Å². The maximum atomic E-state index is 8.88. The van der Waals surface area contributed by atoms with Crippen molar-refractivity contribution in [2.75, 3.05) is 5.32 Å². The van der Waals surface area contributed by atoms with Crippen LogP contribution in [0, 0.1) is 11.3 Å². The van der Waals surface area contributed by atoms with Crippen LogP contribution < -0.4 is 5.32 Å². The van der Waals surface area contributed by atoms with E-state index in [2.05, 4.69) is 27.9 Å². The first-order valence-corrected chi connectivity index (χ1v) is 6.56. The van der Waals surface area contributed by atoms with Crippen molar-refractivity contribution >= 4 is 17.3 Å². The number of imidazole rings is 1. The van der Waals surface area contributed by atoms with E-state index in [1.54, 1.807) is 24.4 Å². The molecule has 0 saturated carbocycles. The summed E-state index contributed by atoms with van der Waals surface area (Å²) in [5.41, 5.74) is 1.34. The predicted molar refractivity (Wildman–Crippen MR) is 76.0 cm³/mol. The van der Waals surface area contributed by atoms with E-state index in [1.807, 2.05) is 6.20 Å². The highest BCUT2D eigenvalue weighted by Crippen LogP contribution is 2.23. The maximum Gasteiger partial charge on any atom is 0.128 e. The Morgan fingerprint density at radius 3 is 3.05 bits per heavy atom. The van der Waals surface area contributed by atoms with Crippen LogP contribution in [-0.2, 0) is 13.1 Å². The molecule has 0 aliphatic rings. The Labute approximate surface area is 117 Å². The van der Waals surface area contributed by atoms with E-state index in [9.17, 15) is 0 Å². The molecule has 0 spiro atoms. The highest BCUT2D eigenvalue weighted by molar-refractivity contribution is 6.33. The van der Waals surface area contributed by atoms with Gasteiger partial charge in [-0.2, -0.15) is 5.26 Å². The van der Waals surface area contributed by atoms with E-state index in [0.717, 1.165) is 24.5 Å². The second-order valence-corrected chi connectivity index (χ2v) is 4.60. The van der Waals surface area contributed by atoms with E-state index in [4.69, 9.17) is 16.9 Å². The van der Waals surface area contributed by atoms with Crippen molar-refractivity contribution < 1.29 is 0 Å². The lowest BCUT2D eigenvalue weighted by Crippen LogP contribution is -2.08. The molecule has 1 aromatic carbocycles. The lowest BCUT2D eigenvalue weighted by atomic mass is 10.2. The minimum absolute atomic E-state index is 0.585. The molecule has 19 heavy (non-hydrogen) atoms. The Bertz CT molecular complexity index is 598. The molecule has 0 bridgehead atoms. The van der Waals surface area contributed by atoms with Crippen LogP contribution in [0.2, 0.25) is 5.02 Å². The van der Waals surface area contributed by atoms with Gasteiger partial charge < -0.3 is 9.88 Å². The first-order valence-electron chi connectivity index (χ1n) is 6.18. The van der Waals surface area contributed by atoms with E-state index in [-0.39, 0.29) is 0 Å². The molecule has 2 aromatic rings. The normalized spacial score (nSPS) is 10.2. The fourth-order valence-electron chi connectivity index (χ4n) is 1.86. The fourth-order valence-corrected chi connectivity index (χ4v) is 2.04. The Kier molecular flexibility index (Phi) is 4.43. The summed E-state index contributed by atoms with van der Waals surface area (Å²) in [6, 6.07) is 7.27. The molecule has 1 heterocycles. The molecule has 2 rings (SSSR count). The zero-order valence-corrected chi connectivity index (χ0v) is 11.5. The van der Waals surface area contributed by atoms with Gasteiger partial charge in [-0.15, -0.1) is 0 Å². The van der Waals surface area contributed by atoms with Crippen molar-refractivity contribution in [3.63, 3.8) is 0 Å². The largest absolute Gasteiger partial charge is 0.377 e. The molecule has 1 aromatic heterocycles.